The second kappa shape index (κ2) is 12.8. The van der Waals surface area contributed by atoms with Crippen molar-refractivity contribution in [2.24, 2.45) is 5.10 Å². The summed E-state index contributed by atoms with van der Waals surface area (Å²) in [6, 6.07) is 26.0. The normalized spacial score (nSPS) is 12.3. The van der Waals surface area contributed by atoms with Gasteiger partial charge in [0.25, 0.3) is 11.2 Å². The molecular weight excluding hydrogens is 584 g/mol. The molecule has 44 heavy (non-hydrogen) atoms. The Hall–Kier alpha value is -5.53. The Morgan fingerprint density at radius 3 is 2.34 bits per heavy atom. The maximum atomic E-state index is 13.8. The van der Waals surface area contributed by atoms with Crippen LogP contribution in [-0.2, 0) is 21.2 Å². The molecular formula is C31H26N6O6S. The zero-order chi connectivity index (χ0) is 31.3. The van der Waals surface area contributed by atoms with Crippen LogP contribution in [-0.4, -0.2) is 35.1 Å². The number of aromatic nitrogens is 2. The number of nitro benzene ring substituents is 1. The summed E-state index contributed by atoms with van der Waals surface area (Å²) in [4.78, 5) is 40.8. The van der Waals surface area contributed by atoms with E-state index in [9.17, 15) is 28.1 Å². The van der Waals surface area contributed by atoms with E-state index in [0.717, 1.165) is 10.2 Å². The third-order valence-electron chi connectivity index (χ3n) is 6.60. The SMILES string of the molecule is CC(=O)Nc1ccc(S(=O)(=O)NC(Cc2ccccc2)c2nc3ccccc3c(=O)n2/N=C/c2ccccc2[N+](=O)[O-])cc1. The molecule has 0 saturated heterocycles. The number of sulfonamides is 1. The lowest BCUT2D eigenvalue weighted by Crippen LogP contribution is -2.35. The van der Waals surface area contributed by atoms with Crippen molar-refractivity contribution in [3.8, 4) is 0 Å². The fraction of sp³-hybridized carbons (Fsp3) is 0.0968. The van der Waals surface area contributed by atoms with E-state index in [4.69, 9.17) is 0 Å². The summed E-state index contributed by atoms with van der Waals surface area (Å²) in [5.41, 5.74) is 0.829. The van der Waals surface area contributed by atoms with Gasteiger partial charge in [-0.15, -0.1) is 0 Å². The fourth-order valence-corrected chi connectivity index (χ4v) is 5.77. The smallest absolute Gasteiger partial charge is 0.282 e. The third-order valence-corrected chi connectivity index (χ3v) is 8.09. The topological polar surface area (TPSA) is 166 Å². The second-order valence-corrected chi connectivity index (χ2v) is 11.4. The van der Waals surface area contributed by atoms with Crippen molar-refractivity contribution < 1.29 is 18.1 Å². The molecule has 0 fully saturated rings. The second-order valence-electron chi connectivity index (χ2n) is 9.73. The van der Waals surface area contributed by atoms with E-state index in [2.05, 4.69) is 20.1 Å². The minimum absolute atomic E-state index is 0.0224. The van der Waals surface area contributed by atoms with Crippen LogP contribution in [0.25, 0.3) is 10.9 Å². The number of nitrogens with one attached hydrogen (secondary N) is 2. The van der Waals surface area contributed by atoms with Crippen molar-refractivity contribution in [1.29, 1.82) is 0 Å². The number of amides is 1. The quantitative estimate of drug-likeness (QED) is 0.134. The zero-order valence-corrected chi connectivity index (χ0v) is 24.1. The van der Waals surface area contributed by atoms with E-state index in [1.807, 2.05) is 18.2 Å². The average molecular weight is 611 g/mol. The molecule has 0 aliphatic carbocycles. The van der Waals surface area contributed by atoms with E-state index in [-0.39, 0.29) is 39.7 Å². The minimum atomic E-state index is -4.20. The number of hydrogen-bond donors (Lipinski definition) is 2. The number of anilines is 1. The first-order chi connectivity index (χ1) is 21.1. The van der Waals surface area contributed by atoms with E-state index in [1.54, 1.807) is 42.5 Å². The van der Waals surface area contributed by atoms with Crippen molar-refractivity contribution in [2.45, 2.75) is 24.3 Å². The molecule has 0 aliphatic rings. The van der Waals surface area contributed by atoms with E-state index < -0.39 is 26.5 Å². The Balaban J connectivity index is 1.65. The molecule has 0 bridgehead atoms. The van der Waals surface area contributed by atoms with Crippen LogP contribution in [0.3, 0.4) is 0 Å². The van der Waals surface area contributed by atoms with Gasteiger partial charge in [0.2, 0.25) is 15.9 Å². The van der Waals surface area contributed by atoms with Gasteiger partial charge in [0.1, 0.15) is 0 Å². The van der Waals surface area contributed by atoms with Gasteiger partial charge in [-0.3, -0.25) is 19.7 Å². The van der Waals surface area contributed by atoms with Gasteiger partial charge in [-0.2, -0.15) is 9.78 Å². The number of nitro groups is 1. The molecule has 1 amide bonds. The first kappa shape index (κ1) is 29.9. The summed E-state index contributed by atoms with van der Waals surface area (Å²) >= 11 is 0. The molecule has 222 valence electrons. The van der Waals surface area contributed by atoms with Crippen LogP contribution in [0, 0.1) is 10.1 Å². The Morgan fingerprint density at radius 1 is 0.977 bits per heavy atom. The Morgan fingerprint density at radius 2 is 1.64 bits per heavy atom. The molecule has 0 aliphatic heterocycles. The van der Waals surface area contributed by atoms with Crippen LogP contribution in [0.15, 0.2) is 118 Å². The maximum Gasteiger partial charge on any atom is 0.282 e. The minimum Gasteiger partial charge on any atom is -0.326 e. The predicted octanol–water partition coefficient (Wildman–Crippen LogP) is 4.41. The largest absolute Gasteiger partial charge is 0.326 e. The molecule has 0 spiro atoms. The number of nitrogens with zero attached hydrogens (tertiary/aromatic N) is 4. The van der Waals surface area contributed by atoms with E-state index >= 15 is 0 Å². The molecule has 2 N–H and O–H groups in total. The molecule has 12 nitrogen and oxygen atoms in total. The Labute approximate surface area is 251 Å². The predicted molar refractivity (Wildman–Crippen MR) is 166 cm³/mol. The lowest BCUT2D eigenvalue weighted by atomic mass is 10.1. The highest BCUT2D eigenvalue weighted by molar-refractivity contribution is 7.89. The summed E-state index contributed by atoms with van der Waals surface area (Å²) in [6.45, 7) is 1.34. The zero-order valence-electron chi connectivity index (χ0n) is 23.3. The molecule has 1 unspecified atom stereocenters. The number of fused-ring (bicyclic) bond motifs is 1. The van der Waals surface area contributed by atoms with Gasteiger partial charge in [-0.05, 0) is 54.4 Å². The maximum absolute atomic E-state index is 13.8. The van der Waals surface area contributed by atoms with Crippen LogP contribution in [0.1, 0.15) is 29.9 Å². The highest BCUT2D eigenvalue weighted by atomic mass is 32.2. The molecule has 1 heterocycles. The first-order valence-electron chi connectivity index (χ1n) is 13.4. The first-order valence-corrected chi connectivity index (χ1v) is 14.8. The van der Waals surface area contributed by atoms with Crippen molar-refractivity contribution >= 4 is 44.4 Å². The van der Waals surface area contributed by atoms with Crippen molar-refractivity contribution in [2.75, 3.05) is 5.32 Å². The molecule has 4 aromatic carbocycles. The number of hydrogen-bond acceptors (Lipinski definition) is 8. The van der Waals surface area contributed by atoms with Crippen molar-refractivity contribution in [3.05, 3.63) is 141 Å². The molecule has 1 aromatic heterocycles. The molecule has 1 atom stereocenters. The summed E-state index contributed by atoms with van der Waals surface area (Å²) < 4.78 is 31.0. The monoisotopic (exact) mass is 610 g/mol. The molecule has 0 saturated carbocycles. The van der Waals surface area contributed by atoms with Gasteiger partial charge in [-0.1, -0.05) is 54.6 Å². The van der Waals surface area contributed by atoms with E-state index in [0.29, 0.717) is 11.2 Å². The van der Waals surface area contributed by atoms with Gasteiger partial charge in [0, 0.05) is 18.7 Å². The lowest BCUT2D eigenvalue weighted by Gasteiger charge is -2.21. The van der Waals surface area contributed by atoms with Gasteiger partial charge in [0.05, 0.1) is 38.5 Å². The summed E-state index contributed by atoms with van der Waals surface area (Å²) in [5, 5.41) is 18.7. The van der Waals surface area contributed by atoms with Gasteiger partial charge < -0.3 is 5.32 Å². The molecule has 13 heteroatoms. The van der Waals surface area contributed by atoms with Crippen LogP contribution in [0.4, 0.5) is 11.4 Å². The van der Waals surface area contributed by atoms with Crippen LogP contribution >= 0.6 is 0 Å². The molecule has 0 radical (unpaired) electrons. The average Bonchev–Trinajstić information content (AvgIpc) is 3.01. The van der Waals surface area contributed by atoms with Crippen molar-refractivity contribution in [3.63, 3.8) is 0 Å². The van der Waals surface area contributed by atoms with Gasteiger partial charge in [0.15, 0.2) is 5.82 Å². The van der Waals surface area contributed by atoms with Crippen molar-refractivity contribution in [1.82, 2.24) is 14.4 Å². The fourth-order valence-electron chi connectivity index (χ4n) is 4.57. The summed E-state index contributed by atoms with van der Waals surface area (Å²) in [5.74, 6) is -0.325. The number of carbonyl (C=O) groups excluding carboxylic acids is 1. The summed E-state index contributed by atoms with van der Waals surface area (Å²) in [6.07, 6.45) is 1.27. The van der Waals surface area contributed by atoms with Gasteiger partial charge in [-0.25, -0.2) is 18.1 Å². The van der Waals surface area contributed by atoms with Crippen LogP contribution in [0.2, 0.25) is 0 Å². The van der Waals surface area contributed by atoms with Crippen LogP contribution < -0.4 is 15.6 Å². The van der Waals surface area contributed by atoms with E-state index in [1.165, 1.54) is 55.6 Å². The standard InChI is InChI=1S/C31H26N6O6S/c1-21(38)33-24-15-17-25(18-16-24)44(42,43)35-28(19-22-9-3-2-4-10-22)30-34-27-13-7-6-12-26(27)31(39)36(30)32-20-23-11-5-8-14-29(23)37(40)41/h2-18,20,28,35H,19H2,1H3,(H,33,38)/b32-20+. The number of rotatable bonds is 10. The number of carbonyl (C=O) groups is 1. The molecule has 5 aromatic rings. The highest BCUT2D eigenvalue weighted by Crippen LogP contribution is 2.23. The van der Waals surface area contributed by atoms with Crippen LogP contribution in [0.5, 0.6) is 0 Å². The number of benzene rings is 4. The Bertz CT molecular complexity index is 2040. The highest BCUT2D eigenvalue weighted by Gasteiger charge is 2.27. The third kappa shape index (κ3) is 6.75. The lowest BCUT2D eigenvalue weighted by molar-refractivity contribution is -0.385. The molecule has 5 rings (SSSR count). The number of para-hydroxylation sites is 2. The van der Waals surface area contributed by atoms with Gasteiger partial charge >= 0.3 is 0 Å². The Kier molecular flexibility index (Phi) is 8.69. The summed E-state index contributed by atoms with van der Waals surface area (Å²) in [7, 11) is -4.20.